The van der Waals surface area contributed by atoms with Crippen LogP contribution in [0.2, 0.25) is 0 Å². The van der Waals surface area contributed by atoms with Crippen molar-refractivity contribution in [1.29, 1.82) is 5.26 Å². The van der Waals surface area contributed by atoms with E-state index < -0.39 is 24.3 Å². The van der Waals surface area contributed by atoms with Crippen molar-refractivity contribution in [2.24, 2.45) is 0 Å². The van der Waals surface area contributed by atoms with Crippen LogP contribution in [-0.2, 0) is 18.9 Å². The molecule has 0 saturated heterocycles. The van der Waals surface area contributed by atoms with Crippen LogP contribution in [0, 0.1) is 11.3 Å². The van der Waals surface area contributed by atoms with Gasteiger partial charge in [-0.3, -0.25) is 0 Å². The van der Waals surface area contributed by atoms with Crippen molar-refractivity contribution in [2.75, 3.05) is 14.2 Å². The van der Waals surface area contributed by atoms with Crippen LogP contribution in [0.25, 0.3) is 0 Å². The number of carbonyl (C=O) groups excluding carboxylic acids is 2. The number of benzene rings is 1. The lowest BCUT2D eigenvalue weighted by atomic mass is 9.84. The van der Waals surface area contributed by atoms with Crippen LogP contribution in [0.5, 0.6) is 0 Å². The number of carbonyl (C=O) groups is 2. The Balaban J connectivity index is 2.55. The first-order valence-electron chi connectivity index (χ1n) is 7.89. The van der Waals surface area contributed by atoms with E-state index in [1.807, 2.05) is 6.92 Å². The fourth-order valence-electron chi connectivity index (χ4n) is 2.91. The molecule has 8 nitrogen and oxygen atoms in total. The number of methoxy groups -OCH3 is 2. The van der Waals surface area contributed by atoms with E-state index in [0.717, 1.165) is 0 Å². The summed E-state index contributed by atoms with van der Waals surface area (Å²) in [5.41, 5.74) is 1.69. The number of hydrogen-bond acceptors (Lipinski definition) is 8. The Morgan fingerprint density at radius 1 is 1.19 bits per heavy atom. The Morgan fingerprint density at radius 3 is 2.50 bits per heavy atom. The molecule has 1 aromatic rings. The second kappa shape index (κ2) is 8.25. The monoisotopic (exact) mass is 360 g/mol. The van der Waals surface area contributed by atoms with Gasteiger partial charge >= 0.3 is 12.3 Å². The Bertz CT molecular complexity index is 767. The molecule has 1 aliphatic rings. The third kappa shape index (κ3) is 4.06. The number of hydrogen-bond donors (Lipinski definition) is 1. The van der Waals surface area contributed by atoms with Crippen molar-refractivity contribution in [2.45, 2.75) is 31.9 Å². The van der Waals surface area contributed by atoms with Gasteiger partial charge in [0.25, 0.3) is 0 Å². The zero-order valence-electron chi connectivity index (χ0n) is 14.9. The van der Waals surface area contributed by atoms with E-state index in [1.54, 1.807) is 31.2 Å². The smallest absolute Gasteiger partial charge is 0.438 e. The molecule has 0 radical (unpaired) electrons. The maximum atomic E-state index is 11.7. The van der Waals surface area contributed by atoms with Gasteiger partial charge in [-0.2, -0.15) is 5.26 Å². The Kier molecular flexibility index (Phi) is 6.07. The van der Waals surface area contributed by atoms with E-state index in [0.29, 0.717) is 16.8 Å². The minimum absolute atomic E-state index is 0.249. The van der Waals surface area contributed by atoms with Gasteiger partial charge in [-0.25, -0.2) is 9.59 Å². The third-order valence-corrected chi connectivity index (χ3v) is 4.05. The number of nitrogens with one attached hydrogen (secondary N) is 1. The van der Waals surface area contributed by atoms with Crippen LogP contribution in [0.15, 0.2) is 35.7 Å². The highest BCUT2D eigenvalue weighted by Crippen LogP contribution is 2.37. The molecular weight excluding hydrogens is 340 g/mol. The molecule has 8 heteroatoms. The first kappa shape index (κ1) is 19.1. The SMILES string of the molecule is COC(=O)OC1=C(C)NC(C)C(OC(=O)OC)C1c1cccc(C#N)c1. The zero-order valence-corrected chi connectivity index (χ0v) is 14.9. The maximum absolute atomic E-state index is 11.7. The zero-order chi connectivity index (χ0) is 19.3. The Labute approximate surface area is 151 Å². The van der Waals surface area contributed by atoms with Gasteiger partial charge in [0.1, 0.15) is 11.9 Å². The minimum Gasteiger partial charge on any atom is -0.438 e. The molecule has 2 rings (SSSR count). The summed E-state index contributed by atoms with van der Waals surface area (Å²) in [6.45, 7) is 3.57. The van der Waals surface area contributed by atoms with Crippen LogP contribution in [0.1, 0.15) is 30.9 Å². The summed E-state index contributed by atoms with van der Waals surface area (Å²) in [7, 11) is 2.41. The molecule has 138 valence electrons. The summed E-state index contributed by atoms with van der Waals surface area (Å²) < 4.78 is 19.9. The summed E-state index contributed by atoms with van der Waals surface area (Å²) in [6.07, 6.45) is -2.49. The Hall–Kier alpha value is -3.21. The lowest BCUT2D eigenvalue weighted by Crippen LogP contribution is -2.48. The number of rotatable bonds is 3. The van der Waals surface area contributed by atoms with Crippen molar-refractivity contribution >= 4 is 12.3 Å². The van der Waals surface area contributed by atoms with E-state index in [-0.39, 0.29) is 11.8 Å². The molecule has 26 heavy (non-hydrogen) atoms. The molecule has 1 N–H and O–H groups in total. The van der Waals surface area contributed by atoms with Crippen LogP contribution in [0.3, 0.4) is 0 Å². The van der Waals surface area contributed by atoms with Crippen molar-refractivity contribution in [3.63, 3.8) is 0 Å². The second-order valence-electron chi connectivity index (χ2n) is 5.73. The van der Waals surface area contributed by atoms with Crippen molar-refractivity contribution in [3.05, 3.63) is 46.8 Å². The highest BCUT2D eigenvalue weighted by molar-refractivity contribution is 5.63. The molecular formula is C18H20N2O6. The van der Waals surface area contributed by atoms with Gasteiger partial charge in [-0.15, -0.1) is 0 Å². The van der Waals surface area contributed by atoms with E-state index in [1.165, 1.54) is 14.2 Å². The fraction of sp³-hybridized carbons (Fsp3) is 0.389. The molecule has 3 atom stereocenters. The molecule has 1 heterocycles. The first-order chi connectivity index (χ1) is 12.4. The predicted octanol–water partition coefficient (Wildman–Crippen LogP) is 2.80. The van der Waals surface area contributed by atoms with Crippen molar-refractivity contribution < 1.29 is 28.5 Å². The van der Waals surface area contributed by atoms with E-state index in [4.69, 9.17) is 9.47 Å². The van der Waals surface area contributed by atoms with Crippen LogP contribution in [0.4, 0.5) is 9.59 Å². The summed E-state index contributed by atoms with van der Waals surface area (Å²) in [4.78, 5) is 23.4. The van der Waals surface area contributed by atoms with E-state index >= 15 is 0 Å². The van der Waals surface area contributed by atoms with E-state index in [9.17, 15) is 14.9 Å². The van der Waals surface area contributed by atoms with E-state index in [2.05, 4.69) is 20.9 Å². The van der Waals surface area contributed by atoms with Crippen LogP contribution < -0.4 is 5.32 Å². The first-order valence-corrected chi connectivity index (χ1v) is 7.89. The summed E-state index contributed by atoms with van der Waals surface area (Å²) in [5.74, 6) is -0.378. The molecule has 0 aromatic heterocycles. The average Bonchev–Trinajstić information content (AvgIpc) is 2.65. The number of ether oxygens (including phenoxy) is 4. The molecule has 0 spiro atoms. The molecule has 0 fully saturated rings. The van der Waals surface area contributed by atoms with Gasteiger partial charge in [0.2, 0.25) is 0 Å². The largest absolute Gasteiger partial charge is 0.513 e. The van der Waals surface area contributed by atoms with Gasteiger partial charge in [0, 0.05) is 5.70 Å². The lowest BCUT2D eigenvalue weighted by molar-refractivity contribution is 0.00351. The molecule has 1 aromatic carbocycles. The molecule has 0 bridgehead atoms. The van der Waals surface area contributed by atoms with Crippen LogP contribution >= 0.6 is 0 Å². The summed E-state index contributed by atoms with van der Waals surface area (Å²) in [6, 6.07) is 8.56. The van der Waals surface area contributed by atoms with Crippen molar-refractivity contribution in [3.8, 4) is 6.07 Å². The van der Waals surface area contributed by atoms with Gasteiger partial charge in [-0.1, -0.05) is 12.1 Å². The summed E-state index contributed by atoms with van der Waals surface area (Å²) >= 11 is 0. The maximum Gasteiger partial charge on any atom is 0.513 e. The number of nitriles is 1. The second-order valence-corrected chi connectivity index (χ2v) is 5.73. The molecule has 1 aliphatic heterocycles. The fourth-order valence-corrected chi connectivity index (χ4v) is 2.91. The third-order valence-electron chi connectivity index (χ3n) is 4.05. The molecule has 0 amide bonds. The van der Waals surface area contributed by atoms with Crippen LogP contribution in [-0.4, -0.2) is 38.7 Å². The molecule has 0 saturated carbocycles. The molecule has 0 aliphatic carbocycles. The normalized spacial score (nSPS) is 21.9. The quantitative estimate of drug-likeness (QED) is 0.820. The average molecular weight is 360 g/mol. The van der Waals surface area contributed by atoms with Gasteiger partial charge < -0.3 is 24.3 Å². The predicted molar refractivity (Wildman–Crippen MR) is 90.0 cm³/mol. The minimum atomic E-state index is -0.894. The Morgan fingerprint density at radius 2 is 1.88 bits per heavy atom. The number of nitrogens with zero attached hydrogens (tertiary/aromatic N) is 1. The highest BCUT2D eigenvalue weighted by Gasteiger charge is 2.41. The van der Waals surface area contributed by atoms with Crippen molar-refractivity contribution in [1.82, 2.24) is 5.32 Å². The van der Waals surface area contributed by atoms with Gasteiger partial charge in [-0.05, 0) is 31.5 Å². The number of allylic oxidation sites excluding steroid dienone is 1. The lowest BCUT2D eigenvalue weighted by Gasteiger charge is -2.38. The standard InChI is InChI=1S/C18H20N2O6/c1-10-15(25-17(21)23-3)14(13-7-5-6-12(8-13)9-19)16(11(2)20-10)26-18(22)24-4/h5-8,10,14-15,20H,1-4H3. The summed E-state index contributed by atoms with van der Waals surface area (Å²) in [5, 5.41) is 12.3. The highest BCUT2D eigenvalue weighted by atomic mass is 16.7. The molecule has 3 unspecified atom stereocenters. The topological polar surface area (TPSA) is 107 Å². The van der Waals surface area contributed by atoms with Gasteiger partial charge in [0.15, 0.2) is 0 Å². The van der Waals surface area contributed by atoms with Gasteiger partial charge in [0.05, 0.1) is 37.8 Å².